The van der Waals surface area contributed by atoms with Gasteiger partial charge in [0.2, 0.25) is 0 Å². The van der Waals surface area contributed by atoms with E-state index in [1.807, 2.05) is 17.8 Å². The second kappa shape index (κ2) is 6.57. The minimum atomic E-state index is -0.809. The van der Waals surface area contributed by atoms with Gasteiger partial charge in [0, 0.05) is 31.6 Å². The number of halogens is 1. The van der Waals surface area contributed by atoms with Gasteiger partial charge in [0.05, 0.1) is 18.0 Å². The second-order valence-electron chi connectivity index (χ2n) is 5.80. The van der Waals surface area contributed by atoms with E-state index < -0.39 is 11.9 Å². The molecule has 0 aliphatic carbocycles. The SMILES string of the molecule is CCn1cc(Cc2nc(C)oc2-c2ccc(F)cc2C(C)O)cn1. The Kier molecular flexibility index (Phi) is 4.49. The van der Waals surface area contributed by atoms with Crippen LogP contribution in [0.25, 0.3) is 11.3 Å². The maximum atomic E-state index is 13.5. The van der Waals surface area contributed by atoms with E-state index in [1.54, 1.807) is 26.1 Å². The summed E-state index contributed by atoms with van der Waals surface area (Å²) in [6.45, 7) is 6.20. The van der Waals surface area contributed by atoms with Crippen molar-refractivity contribution in [3.05, 3.63) is 59.1 Å². The highest BCUT2D eigenvalue weighted by Crippen LogP contribution is 2.33. The van der Waals surface area contributed by atoms with Gasteiger partial charge in [0.1, 0.15) is 5.82 Å². The second-order valence-corrected chi connectivity index (χ2v) is 5.80. The molecular formula is C18H20FN3O2. The molecule has 0 fully saturated rings. The number of aliphatic hydroxyl groups excluding tert-OH is 1. The van der Waals surface area contributed by atoms with Gasteiger partial charge in [-0.15, -0.1) is 0 Å². The lowest BCUT2D eigenvalue weighted by molar-refractivity contribution is 0.199. The van der Waals surface area contributed by atoms with Gasteiger partial charge in [-0.25, -0.2) is 9.37 Å². The minimum Gasteiger partial charge on any atom is -0.441 e. The lowest BCUT2D eigenvalue weighted by atomic mass is 9.98. The van der Waals surface area contributed by atoms with E-state index in [1.165, 1.54) is 12.1 Å². The highest BCUT2D eigenvalue weighted by atomic mass is 19.1. The number of aromatic nitrogens is 3. The van der Waals surface area contributed by atoms with Crippen LogP contribution in [0.15, 0.2) is 35.0 Å². The number of nitrogens with zero attached hydrogens (tertiary/aromatic N) is 3. The average molecular weight is 329 g/mol. The molecule has 0 aliphatic heterocycles. The highest BCUT2D eigenvalue weighted by Gasteiger charge is 2.20. The van der Waals surface area contributed by atoms with Gasteiger partial charge in [-0.3, -0.25) is 4.68 Å². The van der Waals surface area contributed by atoms with Crippen molar-refractivity contribution in [2.24, 2.45) is 0 Å². The molecule has 1 unspecified atom stereocenters. The first-order valence-electron chi connectivity index (χ1n) is 7.93. The topological polar surface area (TPSA) is 64.1 Å². The minimum absolute atomic E-state index is 0.392. The van der Waals surface area contributed by atoms with Crippen molar-refractivity contribution in [1.29, 1.82) is 0 Å². The van der Waals surface area contributed by atoms with Gasteiger partial charge in [0.25, 0.3) is 0 Å². The summed E-state index contributed by atoms with van der Waals surface area (Å²) in [5.74, 6) is 0.702. The first-order chi connectivity index (χ1) is 11.5. The number of hydrogen-bond donors (Lipinski definition) is 1. The average Bonchev–Trinajstić information content (AvgIpc) is 3.14. The van der Waals surface area contributed by atoms with Crippen LogP contribution in [-0.4, -0.2) is 19.9 Å². The van der Waals surface area contributed by atoms with Crippen molar-refractivity contribution in [2.75, 3.05) is 0 Å². The van der Waals surface area contributed by atoms with E-state index in [2.05, 4.69) is 10.1 Å². The van der Waals surface area contributed by atoms with Crippen LogP contribution in [0, 0.1) is 12.7 Å². The Morgan fingerprint density at radius 3 is 2.83 bits per heavy atom. The Bertz CT molecular complexity index is 852. The van der Waals surface area contributed by atoms with E-state index in [-0.39, 0.29) is 0 Å². The standard InChI is InChI=1S/C18H20FN3O2/c1-4-22-10-13(9-20-22)7-17-18(24-12(3)21-17)15-6-5-14(19)8-16(15)11(2)23/h5-6,8-11,23H,4,7H2,1-3H3. The molecule has 3 rings (SSSR count). The van der Waals surface area contributed by atoms with Gasteiger partial charge in [-0.1, -0.05) is 0 Å². The smallest absolute Gasteiger partial charge is 0.192 e. The van der Waals surface area contributed by atoms with Crippen molar-refractivity contribution in [3.63, 3.8) is 0 Å². The molecule has 0 amide bonds. The first-order valence-corrected chi connectivity index (χ1v) is 7.93. The fourth-order valence-corrected chi connectivity index (χ4v) is 2.75. The lowest BCUT2D eigenvalue weighted by Gasteiger charge is -2.11. The molecule has 2 aromatic heterocycles. The van der Waals surface area contributed by atoms with Gasteiger partial charge in [-0.2, -0.15) is 5.10 Å². The van der Waals surface area contributed by atoms with Crippen LogP contribution >= 0.6 is 0 Å². The van der Waals surface area contributed by atoms with Crippen molar-refractivity contribution < 1.29 is 13.9 Å². The molecule has 0 spiro atoms. The zero-order chi connectivity index (χ0) is 17.3. The number of aryl methyl sites for hydroxylation is 2. The van der Waals surface area contributed by atoms with Crippen molar-refractivity contribution in [2.45, 2.75) is 39.8 Å². The van der Waals surface area contributed by atoms with Crippen LogP contribution in [0.3, 0.4) is 0 Å². The summed E-state index contributed by atoms with van der Waals surface area (Å²) in [5, 5.41) is 14.2. The van der Waals surface area contributed by atoms with E-state index in [0.29, 0.717) is 29.2 Å². The molecule has 0 saturated carbocycles. The molecule has 0 bridgehead atoms. The maximum Gasteiger partial charge on any atom is 0.192 e. The largest absolute Gasteiger partial charge is 0.441 e. The van der Waals surface area contributed by atoms with Gasteiger partial charge in [0.15, 0.2) is 11.7 Å². The molecule has 2 heterocycles. The fraction of sp³-hybridized carbons (Fsp3) is 0.333. The van der Waals surface area contributed by atoms with Gasteiger partial charge >= 0.3 is 0 Å². The summed E-state index contributed by atoms with van der Waals surface area (Å²) >= 11 is 0. The van der Waals surface area contributed by atoms with Crippen LogP contribution in [0.5, 0.6) is 0 Å². The van der Waals surface area contributed by atoms with Gasteiger partial charge < -0.3 is 9.52 Å². The summed E-state index contributed by atoms with van der Waals surface area (Å²) < 4.78 is 21.2. The summed E-state index contributed by atoms with van der Waals surface area (Å²) in [6.07, 6.45) is 3.52. The van der Waals surface area contributed by atoms with Crippen molar-refractivity contribution in [3.8, 4) is 11.3 Å². The predicted octanol–water partition coefficient (Wildman–Crippen LogP) is 3.65. The Labute approximate surface area is 139 Å². The maximum absolute atomic E-state index is 13.5. The molecule has 1 N–H and O–H groups in total. The molecule has 0 aliphatic rings. The quantitative estimate of drug-likeness (QED) is 0.776. The Morgan fingerprint density at radius 1 is 1.38 bits per heavy atom. The summed E-state index contributed by atoms with van der Waals surface area (Å²) in [5.41, 5.74) is 2.91. The molecule has 5 nitrogen and oxygen atoms in total. The number of hydrogen-bond acceptors (Lipinski definition) is 4. The number of rotatable bonds is 5. The molecular weight excluding hydrogens is 309 g/mol. The molecule has 1 atom stereocenters. The molecule has 0 saturated heterocycles. The summed E-state index contributed by atoms with van der Waals surface area (Å²) in [6, 6.07) is 4.31. The van der Waals surface area contributed by atoms with Crippen LogP contribution in [0.4, 0.5) is 4.39 Å². The van der Waals surface area contributed by atoms with Crippen LogP contribution in [-0.2, 0) is 13.0 Å². The summed E-state index contributed by atoms with van der Waals surface area (Å²) in [4.78, 5) is 4.46. The van der Waals surface area contributed by atoms with Crippen LogP contribution in [0.2, 0.25) is 0 Å². The van der Waals surface area contributed by atoms with E-state index in [9.17, 15) is 9.50 Å². The number of benzene rings is 1. The Balaban J connectivity index is 2.03. The van der Waals surface area contributed by atoms with Crippen molar-refractivity contribution >= 4 is 0 Å². The predicted molar refractivity (Wildman–Crippen MR) is 88.0 cm³/mol. The Morgan fingerprint density at radius 2 is 2.17 bits per heavy atom. The van der Waals surface area contributed by atoms with E-state index in [4.69, 9.17) is 4.42 Å². The third-order valence-corrected chi connectivity index (χ3v) is 3.89. The van der Waals surface area contributed by atoms with E-state index in [0.717, 1.165) is 17.8 Å². The molecule has 3 aromatic rings. The number of aliphatic hydroxyl groups is 1. The molecule has 1 aromatic carbocycles. The molecule has 24 heavy (non-hydrogen) atoms. The Hall–Kier alpha value is -2.47. The van der Waals surface area contributed by atoms with Crippen molar-refractivity contribution in [1.82, 2.24) is 14.8 Å². The van der Waals surface area contributed by atoms with Crippen LogP contribution < -0.4 is 0 Å². The third kappa shape index (κ3) is 3.23. The fourth-order valence-electron chi connectivity index (χ4n) is 2.75. The molecule has 126 valence electrons. The normalized spacial score (nSPS) is 12.5. The summed E-state index contributed by atoms with van der Waals surface area (Å²) in [7, 11) is 0. The third-order valence-electron chi connectivity index (χ3n) is 3.89. The van der Waals surface area contributed by atoms with Gasteiger partial charge in [-0.05, 0) is 43.2 Å². The highest BCUT2D eigenvalue weighted by molar-refractivity contribution is 5.65. The first kappa shape index (κ1) is 16.4. The monoisotopic (exact) mass is 329 g/mol. The lowest BCUT2D eigenvalue weighted by Crippen LogP contribution is -1.98. The molecule has 6 heteroatoms. The zero-order valence-electron chi connectivity index (χ0n) is 14.0. The molecule has 0 radical (unpaired) electrons. The number of oxazole rings is 1. The van der Waals surface area contributed by atoms with Crippen LogP contribution in [0.1, 0.15) is 42.7 Å². The zero-order valence-corrected chi connectivity index (χ0v) is 14.0. The van der Waals surface area contributed by atoms with E-state index >= 15 is 0 Å².